The van der Waals surface area contributed by atoms with Crippen molar-refractivity contribution in [2.75, 3.05) is 6.54 Å². The van der Waals surface area contributed by atoms with Crippen LogP contribution in [0.1, 0.15) is 48.0 Å². The molecule has 0 saturated carbocycles. The Morgan fingerprint density at radius 3 is 2.80 bits per heavy atom. The van der Waals surface area contributed by atoms with E-state index in [1.54, 1.807) is 0 Å². The van der Waals surface area contributed by atoms with Gasteiger partial charge in [-0.3, -0.25) is 9.20 Å². The van der Waals surface area contributed by atoms with Gasteiger partial charge >= 0.3 is 0 Å². The number of hydrogen-bond acceptors (Lipinski definition) is 3. The number of nitrogens with zero attached hydrogens (tertiary/aromatic N) is 3. The van der Waals surface area contributed by atoms with Crippen molar-refractivity contribution >= 4 is 22.2 Å². The molecule has 0 radical (unpaired) electrons. The molecule has 0 bridgehead atoms. The highest BCUT2D eigenvalue weighted by molar-refractivity contribution is 7.19. The average Bonchev–Trinajstić information content (AvgIpc) is 3.21. The quantitative estimate of drug-likeness (QED) is 0.680. The summed E-state index contributed by atoms with van der Waals surface area (Å²) >= 11 is 1.51. The molecule has 3 aromatic rings. The van der Waals surface area contributed by atoms with E-state index in [1.807, 2.05) is 31.3 Å². The van der Waals surface area contributed by atoms with Gasteiger partial charge in [0.25, 0.3) is 5.91 Å². The molecule has 4 rings (SSSR count). The fraction of sp³-hybridized carbons (Fsp3) is 0.400. The molecule has 1 saturated heterocycles. The molecule has 0 unspecified atom stereocenters. The van der Waals surface area contributed by atoms with Crippen LogP contribution < -0.4 is 0 Å². The largest absolute Gasteiger partial charge is 0.335 e. The van der Waals surface area contributed by atoms with E-state index in [0.717, 1.165) is 52.6 Å². The molecule has 1 fully saturated rings. The second kappa shape index (κ2) is 6.64. The topological polar surface area (TPSA) is 37.6 Å². The van der Waals surface area contributed by atoms with E-state index < -0.39 is 0 Å². The maximum atomic E-state index is 13.1. The highest BCUT2D eigenvalue weighted by Crippen LogP contribution is 2.30. The minimum absolute atomic E-state index is 0.181. The van der Waals surface area contributed by atoms with Crippen molar-refractivity contribution in [3.63, 3.8) is 0 Å². The Kier molecular flexibility index (Phi) is 4.34. The second-order valence-corrected chi connectivity index (χ2v) is 7.70. The van der Waals surface area contributed by atoms with Gasteiger partial charge in [0.15, 0.2) is 4.96 Å². The lowest BCUT2D eigenvalue weighted by Gasteiger charge is -2.35. The average molecular weight is 353 g/mol. The number of likely N-dealkylation sites (tertiary alicyclic amines) is 1. The van der Waals surface area contributed by atoms with Gasteiger partial charge in [0.1, 0.15) is 4.88 Å². The van der Waals surface area contributed by atoms with Gasteiger partial charge in [-0.1, -0.05) is 48.6 Å². The van der Waals surface area contributed by atoms with Gasteiger partial charge in [0, 0.05) is 30.0 Å². The highest BCUT2D eigenvalue weighted by Gasteiger charge is 2.29. The normalized spacial score (nSPS) is 18.0. The molecule has 130 valence electrons. The Morgan fingerprint density at radius 1 is 1.28 bits per heavy atom. The number of carbonyl (C=O) groups is 1. The molecule has 0 aliphatic carbocycles. The van der Waals surface area contributed by atoms with Crippen molar-refractivity contribution in [1.82, 2.24) is 14.3 Å². The third-order valence-electron chi connectivity index (χ3n) is 5.18. The summed E-state index contributed by atoms with van der Waals surface area (Å²) in [4.78, 5) is 21.7. The monoisotopic (exact) mass is 353 g/mol. The number of aryl methyl sites for hydroxylation is 1. The van der Waals surface area contributed by atoms with Gasteiger partial charge in [-0.05, 0) is 32.6 Å². The van der Waals surface area contributed by atoms with Crippen LogP contribution in [0.2, 0.25) is 0 Å². The van der Waals surface area contributed by atoms with Crippen molar-refractivity contribution < 1.29 is 4.79 Å². The minimum atomic E-state index is 0.181. The molecule has 1 aromatic carbocycles. The van der Waals surface area contributed by atoms with E-state index in [-0.39, 0.29) is 5.91 Å². The van der Waals surface area contributed by atoms with Gasteiger partial charge in [-0.15, -0.1) is 0 Å². The predicted octanol–water partition coefficient (Wildman–Crippen LogP) is 4.78. The fourth-order valence-electron chi connectivity index (χ4n) is 3.72. The van der Waals surface area contributed by atoms with Crippen LogP contribution in [-0.2, 0) is 0 Å². The number of imidazole rings is 1. The van der Waals surface area contributed by atoms with Crippen LogP contribution in [0, 0.1) is 6.92 Å². The Balaban J connectivity index is 1.68. The molecule has 5 heteroatoms. The summed E-state index contributed by atoms with van der Waals surface area (Å²) in [5.74, 6) is 0.181. The van der Waals surface area contributed by atoms with Crippen molar-refractivity contribution in [3.05, 3.63) is 47.1 Å². The zero-order chi connectivity index (χ0) is 17.4. The number of fused-ring (bicyclic) bond motifs is 1. The number of aromatic nitrogens is 2. The first kappa shape index (κ1) is 16.3. The van der Waals surface area contributed by atoms with Crippen LogP contribution in [-0.4, -0.2) is 32.8 Å². The number of hydrogen-bond donors (Lipinski definition) is 0. The summed E-state index contributed by atoms with van der Waals surface area (Å²) in [6, 6.07) is 10.6. The van der Waals surface area contributed by atoms with Crippen LogP contribution in [0.4, 0.5) is 0 Å². The number of rotatable bonds is 3. The van der Waals surface area contributed by atoms with Gasteiger partial charge in [0.05, 0.1) is 5.69 Å². The Hall–Kier alpha value is -2.14. The number of piperidine rings is 1. The predicted molar refractivity (Wildman–Crippen MR) is 102 cm³/mol. The highest BCUT2D eigenvalue weighted by atomic mass is 32.1. The Labute approximate surface area is 152 Å². The molecule has 4 nitrogen and oxygen atoms in total. The van der Waals surface area contributed by atoms with Crippen molar-refractivity contribution in [3.8, 4) is 11.3 Å². The van der Waals surface area contributed by atoms with Crippen LogP contribution in [0.3, 0.4) is 0 Å². The van der Waals surface area contributed by atoms with Crippen molar-refractivity contribution in [2.45, 2.75) is 45.6 Å². The first-order chi connectivity index (χ1) is 12.2. The molecule has 3 heterocycles. The van der Waals surface area contributed by atoms with E-state index in [4.69, 9.17) is 4.98 Å². The third-order valence-corrected chi connectivity index (χ3v) is 6.32. The molecule has 1 atom stereocenters. The third kappa shape index (κ3) is 2.86. The molecule has 1 amide bonds. The van der Waals surface area contributed by atoms with Gasteiger partial charge in [0.2, 0.25) is 0 Å². The number of carbonyl (C=O) groups excluding carboxylic acids is 1. The number of amides is 1. The fourth-order valence-corrected chi connectivity index (χ4v) is 4.78. The van der Waals surface area contributed by atoms with Crippen LogP contribution in [0.25, 0.3) is 16.2 Å². The van der Waals surface area contributed by atoms with Crippen LogP contribution >= 0.6 is 11.3 Å². The maximum absolute atomic E-state index is 13.1. The van der Waals surface area contributed by atoms with E-state index in [0.29, 0.717) is 6.04 Å². The zero-order valence-electron chi connectivity index (χ0n) is 14.7. The van der Waals surface area contributed by atoms with Gasteiger partial charge < -0.3 is 4.90 Å². The lowest BCUT2D eigenvalue weighted by Crippen LogP contribution is -2.43. The minimum Gasteiger partial charge on any atom is -0.335 e. The summed E-state index contributed by atoms with van der Waals surface area (Å²) in [5.41, 5.74) is 3.06. The SMILES string of the molecule is CC[C@@H]1CCCCN1C(=O)c1sc2nc(-c3ccccc3)cn2c1C. The molecular weight excluding hydrogens is 330 g/mol. The first-order valence-corrected chi connectivity index (χ1v) is 9.85. The lowest BCUT2D eigenvalue weighted by atomic mass is 10.00. The van der Waals surface area contributed by atoms with Gasteiger partial charge in [-0.25, -0.2) is 4.98 Å². The zero-order valence-corrected chi connectivity index (χ0v) is 15.6. The Morgan fingerprint density at radius 2 is 2.08 bits per heavy atom. The van der Waals surface area contributed by atoms with Crippen LogP contribution in [0.15, 0.2) is 36.5 Å². The molecule has 2 aromatic heterocycles. The van der Waals surface area contributed by atoms with E-state index in [1.165, 1.54) is 17.8 Å². The van der Waals surface area contributed by atoms with Crippen LogP contribution in [0.5, 0.6) is 0 Å². The smallest absolute Gasteiger partial charge is 0.266 e. The van der Waals surface area contributed by atoms with Crippen molar-refractivity contribution in [2.24, 2.45) is 0 Å². The summed E-state index contributed by atoms with van der Waals surface area (Å²) in [7, 11) is 0. The second-order valence-electron chi connectivity index (χ2n) is 6.72. The molecule has 25 heavy (non-hydrogen) atoms. The standard InChI is InChI=1S/C20H23N3OS/c1-3-16-11-7-8-12-22(16)19(24)18-14(2)23-13-17(21-20(23)25-18)15-9-5-4-6-10-15/h4-6,9-10,13,16H,3,7-8,11-12H2,1-2H3/t16-/m1/s1. The maximum Gasteiger partial charge on any atom is 0.266 e. The van der Waals surface area contributed by atoms with E-state index >= 15 is 0 Å². The first-order valence-electron chi connectivity index (χ1n) is 9.04. The van der Waals surface area contributed by atoms with Crippen molar-refractivity contribution in [1.29, 1.82) is 0 Å². The van der Waals surface area contributed by atoms with E-state index in [9.17, 15) is 4.79 Å². The Bertz CT molecular complexity index is 896. The molecule has 0 N–H and O–H groups in total. The molecule has 1 aliphatic rings. The van der Waals surface area contributed by atoms with E-state index in [2.05, 4.69) is 28.4 Å². The number of thiazole rings is 1. The summed E-state index contributed by atoms with van der Waals surface area (Å²) in [6.07, 6.45) is 6.55. The molecule has 0 spiro atoms. The number of benzene rings is 1. The van der Waals surface area contributed by atoms with Gasteiger partial charge in [-0.2, -0.15) is 0 Å². The lowest BCUT2D eigenvalue weighted by molar-refractivity contribution is 0.0612. The molecular formula is C20H23N3OS. The summed E-state index contributed by atoms with van der Waals surface area (Å²) in [6.45, 7) is 5.08. The molecule has 1 aliphatic heterocycles. The summed E-state index contributed by atoms with van der Waals surface area (Å²) < 4.78 is 2.06. The summed E-state index contributed by atoms with van der Waals surface area (Å²) in [5, 5.41) is 0.